The highest BCUT2D eigenvalue weighted by Gasteiger charge is 2.34. The first-order valence-corrected chi connectivity index (χ1v) is 11.4. The molecule has 0 atom stereocenters. The van der Waals surface area contributed by atoms with E-state index in [4.69, 9.17) is 0 Å². The van der Waals surface area contributed by atoms with Crippen LogP contribution in [0.3, 0.4) is 0 Å². The zero-order valence-corrected chi connectivity index (χ0v) is 16.1. The molecule has 1 aliphatic heterocycles. The summed E-state index contributed by atoms with van der Waals surface area (Å²) < 4.78 is 13.8. The highest BCUT2D eigenvalue weighted by Crippen LogP contribution is 2.50. The van der Waals surface area contributed by atoms with Crippen LogP contribution in [0.5, 0.6) is 0 Å². The van der Waals surface area contributed by atoms with Gasteiger partial charge in [0.15, 0.2) is 0 Å². The summed E-state index contributed by atoms with van der Waals surface area (Å²) in [5.74, 6) is 0. The molecule has 0 amide bonds. The van der Waals surface area contributed by atoms with Crippen molar-refractivity contribution in [3.05, 3.63) is 91.0 Å². The molecule has 1 heterocycles. The van der Waals surface area contributed by atoms with Gasteiger partial charge in [-0.25, -0.2) is 0 Å². The van der Waals surface area contributed by atoms with Crippen LogP contribution in [0, 0.1) is 0 Å². The largest absolute Gasteiger partial charge is 0.378 e. The van der Waals surface area contributed by atoms with Crippen LogP contribution in [-0.4, -0.2) is 25.5 Å². The van der Waals surface area contributed by atoms with Crippen molar-refractivity contribution in [1.82, 2.24) is 0 Å². The molecule has 3 aromatic rings. The van der Waals surface area contributed by atoms with E-state index in [0.29, 0.717) is 18.9 Å². The second-order valence-corrected chi connectivity index (χ2v) is 9.93. The zero-order valence-electron chi connectivity index (χ0n) is 15.2. The highest BCUT2D eigenvalue weighted by molar-refractivity contribution is 7.64. The Kier molecular flexibility index (Phi) is 5.17. The van der Waals surface area contributed by atoms with Gasteiger partial charge in [-0.1, -0.05) is 54.6 Å². The highest BCUT2D eigenvalue weighted by atomic mass is 31.2. The van der Waals surface area contributed by atoms with Gasteiger partial charge < -0.3 is 19.7 Å². The van der Waals surface area contributed by atoms with E-state index in [1.54, 1.807) is 0 Å². The molecular weight excluding hydrogens is 353 g/mol. The molecule has 0 unspecified atom stereocenters. The van der Waals surface area contributed by atoms with Gasteiger partial charge in [-0.3, -0.25) is 0 Å². The van der Waals surface area contributed by atoms with E-state index in [0.717, 1.165) is 23.7 Å². The van der Waals surface area contributed by atoms with Gasteiger partial charge in [0.2, 0.25) is 0 Å². The summed E-state index contributed by atoms with van der Waals surface area (Å²) in [5, 5.41) is 3.38. The Morgan fingerprint density at radius 3 is 1.63 bits per heavy atom. The third-order valence-corrected chi connectivity index (χ3v) is 7.23. The molecule has 4 rings (SSSR count). The summed E-state index contributed by atoms with van der Waals surface area (Å²) in [6.07, 6.45) is 1.66. The Balaban J connectivity index is 1.58. The number of para-hydroxylation sites is 3. The Hall–Kier alpha value is -2.71. The van der Waals surface area contributed by atoms with E-state index in [1.165, 1.54) is 0 Å². The minimum atomic E-state index is -2.48. The van der Waals surface area contributed by atoms with Crippen LogP contribution in [0.4, 0.5) is 17.1 Å². The molecule has 5 heteroatoms. The number of nitrogens with one attached hydrogen (secondary N) is 1. The lowest BCUT2D eigenvalue weighted by Gasteiger charge is -2.42. The summed E-state index contributed by atoms with van der Waals surface area (Å²) in [4.78, 5) is 4.45. The number of hydrogen-bond acceptors (Lipinski definition) is 4. The number of anilines is 3. The van der Waals surface area contributed by atoms with Crippen LogP contribution >= 0.6 is 7.14 Å². The monoisotopic (exact) mass is 377 g/mol. The summed E-state index contributed by atoms with van der Waals surface area (Å²) in [6, 6.07) is 30.5. The molecular formula is C22H24N3OP. The van der Waals surface area contributed by atoms with Crippen LogP contribution in [-0.2, 0) is 4.57 Å². The Morgan fingerprint density at radius 1 is 0.704 bits per heavy atom. The maximum Gasteiger partial charge on any atom is 0.142 e. The second-order valence-electron chi connectivity index (χ2n) is 6.93. The molecule has 0 radical (unpaired) electrons. The fraction of sp³-hybridized carbons (Fsp3) is 0.182. The molecule has 138 valence electrons. The van der Waals surface area contributed by atoms with Gasteiger partial charge >= 0.3 is 0 Å². The van der Waals surface area contributed by atoms with Crippen molar-refractivity contribution in [3.63, 3.8) is 0 Å². The fourth-order valence-corrected chi connectivity index (χ4v) is 5.97. The minimum absolute atomic E-state index is 0.490. The molecule has 27 heavy (non-hydrogen) atoms. The molecule has 0 saturated carbocycles. The summed E-state index contributed by atoms with van der Waals surface area (Å²) in [7, 11) is -2.48. The third-order valence-electron chi connectivity index (χ3n) is 4.79. The number of hydrogen-bond donors (Lipinski definition) is 1. The van der Waals surface area contributed by atoms with Crippen LogP contribution < -0.4 is 15.1 Å². The van der Waals surface area contributed by atoms with Crippen LogP contribution in [0.2, 0.25) is 0 Å². The smallest absolute Gasteiger partial charge is 0.142 e. The van der Waals surface area contributed by atoms with Crippen molar-refractivity contribution in [2.75, 3.05) is 40.6 Å². The average molecular weight is 377 g/mol. The van der Waals surface area contributed by atoms with Gasteiger partial charge in [0.05, 0.1) is 25.5 Å². The standard InChI is InChI=1S/C22H24N3OP/c26-27(16-23-20-10-4-1-5-11-20)18-24(21-12-6-2-7-13-21)17-25(19-27)22-14-8-3-9-15-22/h1-15,23H,16-19H2. The normalized spacial score (nSPS) is 16.1. The molecule has 0 bridgehead atoms. The van der Waals surface area contributed by atoms with E-state index in [1.807, 2.05) is 66.7 Å². The quantitative estimate of drug-likeness (QED) is 0.611. The number of benzene rings is 3. The molecule has 1 fully saturated rings. The van der Waals surface area contributed by atoms with E-state index >= 15 is 0 Å². The van der Waals surface area contributed by atoms with Crippen LogP contribution in [0.15, 0.2) is 91.0 Å². The van der Waals surface area contributed by atoms with Crippen molar-refractivity contribution in [2.24, 2.45) is 0 Å². The number of rotatable bonds is 5. The predicted octanol–water partition coefficient (Wildman–Crippen LogP) is 5.32. The Bertz CT molecular complexity index is 851. The first kappa shape index (κ1) is 17.7. The molecule has 1 N–H and O–H groups in total. The predicted molar refractivity (Wildman–Crippen MR) is 115 cm³/mol. The maximum atomic E-state index is 13.8. The van der Waals surface area contributed by atoms with E-state index in [-0.39, 0.29) is 0 Å². The molecule has 1 saturated heterocycles. The topological polar surface area (TPSA) is 35.6 Å². The molecule has 1 aliphatic rings. The van der Waals surface area contributed by atoms with Gasteiger partial charge in [0, 0.05) is 17.1 Å². The first-order chi connectivity index (χ1) is 13.2. The first-order valence-electron chi connectivity index (χ1n) is 9.18. The van der Waals surface area contributed by atoms with Gasteiger partial charge in [0.1, 0.15) is 7.14 Å². The molecule has 4 nitrogen and oxygen atoms in total. The lowest BCUT2D eigenvalue weighted by molar-refractivity contribution is 0.565. The van der Waals surface area contributed by atoms with Crippen molar-refractivity contribution >= 4 is 24.2 Å². The zero-order chi connectivity index (χ0) is 18.5. The lowest BCUT2D eigenvalue weighted by atomic mass is 10.3. The Morgan fingerprint density at radius 2 is 1.15 bits per heavy atom. The van der Waals surface area contributed by atoms with Crippen LogP contribution in [0.1, 0.15) is 0 Å². The molecule has 3 aromatic carbocycles. The minimum Gasteiger partial charge on any atom is -0.378 e. The molecule has 0 aliphatic carbocycles. The van der Waals surface area contributed by atoms with E-state index < -0.39 is 7.14 Å². The van der Waals surface area contributed by atoms with Gasteiger partial charge in [-0.2, -0.15) is 0 Å². The van der Waals surface area contributed by atoms with E-state index in [9.17, 15) is 4.57 Å². The Labute approximate surface area is 160 Å². The fourth-order valence-electron chi connectivity index (χ4n) is 3.46. The van der Waals surface area contributed by atoms with Crippen molar-refractivity contribution in [1.29, 1.82) is 0 Å². The molecule has 0 spiro atoms. The van der Waals surface area contributed by atoms with Crippen molar-refractivity contribution in [3.8, 4) is 0 Å². The molecule has 0 aromatic heterocycles. The summed E-state index contributed by atoms with van der Waals surface area (Å²) in [5.41, 5.74) is 3.23. The summed E-state index contributed by atoms with van der Waals surface area (Å²) in [6.45, 7) is 0.739. The van der Waals surface area contributed by atoms with Crippen LogP contribution in [0.25, 0.3) is 0 Å². The second kappa shape index (κ2) is 7.89. The SMILES string of the molecule is O=P1(CNc2ccccc2)CN(c2ccccc2)CN(c2ccccc2)C1. The summed E-state index contributed by atoms with van der Waals surface area (Å²) >= 11 is 0. The van der Waals surface area contributed by atoms with Crippen molar-refractivity contribution < 1.29 is 4.57 Å². The van der Waals surface area contributed by atoms with Gasteiger partial charge in [0.25, 0.3) is 0 Å². The van der Waals surface area contributed by atoms with Gasteiger partial charge in [-0.15, -0.1) is 0 Å². The van der Waals surface area contributed by atoms with Gasteiger partial charge in [-0.05, 0) is 36.4 Å². The van der Waals surface area contributed by atoms with Crippen molar-refractivity contribution in [2.45, 2.75) is 0 Å². The third kappa shape index (κ3) is 4.35. The van der Waals surface area contributed by atoms with E-state index in [2.05, 4.69) is 39.4 Å². The number of nitrogens with zero attached hydrogens (tertiary/aromatic N) is 2. The lowest BCUT2D eigenvalue weighted by Crippen LogP contribution is -2.45. The maximum absolute atomic E-state index is 13.8. The average Bonchev–Trinajstić information content (AvgIpc) is 2.74.